The first-order valence-corrected chi connectivity index (χ1v) is 9.52. The Morgan fingerprint density at radius 3 is 2.41 bits per heavy atom. The molecule has 0 aliphatic heterocycles. The Hall–Kier alpha value is -0.323. The zero-order valence-electron chi connectivity index (χ0n) is 11.3. The van der Waals surface area contributed by atoms with Gasteiger partial charge < -0.3 is 10.2 Å². The van der Waals surface area contributed by atoms with Gasteiger partial charge in [-0.15, -0.1) is 0 Å². The summed E-state index contributed by atoms with van der Waals surface area (Å²) in [6, 6.07) is 5.96. The van der Waals surface area contributed by atoms with E-state index in [4.69, 9.17) is 10.2 Å². The lowest BCUT2D eigenvalue weighted by Gasteiger charge is -2.36. The molecule has 0 bridgehead atoms. The predicted molar refractivity (Wildman–Crippen MR) is 80.5 cm³/mol. The zero-order chi connectivity index (χ0) is 13.3. The maximum atomic E-state index is 6.15. The van der Waals surface area contributed by atoms with Gasteiger partial charge in [0.1, 0.15) is 0 Å². The SMILES string of the molecule is CC(C)(C)[Si](C)(C)OCc1cccc(Br)c1N. The van der Waals surface area contributed by atoms with Crippen LogP contribution in [0, 0.1) is 0 Å². The monoisotopic (exact) mass is 315 g/mol. The van der Waals surface area contributed by atoms with Crippen molar-refractivity contribution in [2.75, 3.05) is 5.73 Å². The molecule has 0 saturated heterocycles. The van der Waals surface area contributed by atoms with Crippen LogP contribution < -0.4 is 5.73 Å². The van der Waals surface area contributed by atoms with Crippen molar-refractivity contribution in [2.45, 2.75) is 45.5 Å². The van der Waals surface area contributed by atoms with E-state index in [1.165, 1.54) is 0 Å². The minimum absolute atomic E-state index is 0.230. The largest absolute Gasteiger partial charge is 0.412 e. The highest BCUT2D eigenvalue weighted by atomic mass is 79.9. The first-order valence-electron chi connectivity index (χ1n) is 5.82. The highest BCUT2D eigenvalue weighted by Crippen LogP contribution is 2.37. The van der Waals surface area contributed by atoms with Crippen LogP contribution in [-0.2, 0) is 11.0 Å². The molecule has 1 rings (SSSR count). The van der Waals surface area contributed by atoms with E-state index < -0.39 is 8.32 Å². The lowest BCUT2D eigenvalue weighted by atomic mass is 10.2. The lowest BCUT2D eigenvalue weighted by Crippen LogP contribution is -2.40. The van der Waals surface area contributed by atoms with Gasteiger partial charge in [0.25, 0.3) is 0 Å². The number of hydrogen-bond donors (Lipinski definition) is 1. The highest BCUT2D eigenvalue weighted by Gasteiger charge is 2.37. The molecule has 1 aromatic carbocycles. The van der Waals surface area contributed by atoms with E-state index in [2.05, 4.69) is 49.8 Å². The third-order valence-electron chi connectivity index (χ3n) is 3.54. The van der Waals surface area contributed by atoms with Gasteiger partial charge in [0.15, 0.2) is 8.32 Å². The number of rotatable bonds is 3. The quantitative estimate of drug-likeness (QED) is 0.656. The summed E-state index contributed by atoms with van der Waals surface area (Å²) in [6.07, 6.45) is 0. The highest BCUT2D eigenvalue weighted by molar-refractivity contribution is 9.10. The Morgan fingerprint density at radius 2 is 1.88 bits per heavy atom. The van der Waals surface area contributed by atoms with Crippen LogP contribution in [0.5, 0.6) is 0 Å². The van der Waals surface area contributed by atoms with Gasteiger partial charge in [-0.3, -0.25) is 0 Å². The van der Waals surface area contributed by atoms with Crippen LogP contribution in [0.1, 0.15) is 26.3 Å². The molecule has 4 heteroatoms. The molecule has 17 heavy (non-hydrogen) atoms. The second-order valence-electron chi connectivity index (χ2n) is 5.86. The fourth-order valence-electron chi connectivity index (χ4n) is 1.18. The van der Waals surface area contributed by atoms with E-state index in [0.717, 1.165) is 15.7 Å². The number of nitrogens with two attached hydrogens (primary N) is 1. The van der Waals surface area contributed by atoms with Crippen molar-refractivity contribution in [1.82, 2.24) is 0 Å². The fraction of sp³-hybridized carbons (Fsp3) is 0.538. The molecule has 0 saturated carbocycles. The maximum Gasteiger partial charge on any atom is 0.192 e. The molecule has 2 nitrogen and oxygen atoms in total. The van der Waals surface area contributed by atoms with Crippen LogP contribution in [0.15, 0.2) is 22.7 Å². The van der Waals surface area contributed by atoms with Gasteiger partial charge in [-0.1, -0.05) is 32.9 Å². The van der Waals surface area contributed by atoms with Gasteiger partial charge in [0, 0.05) is 10.0 Å². The summed E-state index contributed by atoms with van der Waals surface area (Å²) in [5.41, 5.74) is 7.85. The van der Waals surface area contributed by atoms with Crippen molar-refractivity contribution in [3.05, 3.63) is 28.2 Å². The molecule has 96 valence electrons. The van der Waals surface area contributed by atoms with Crippen LogP contribution in [0.3, 0.4) is 0 Å². The average Bonchev–Trinajstić information content (AvgIpc) is 2.18. The predicted octanol–water partition coefficient (Wildman–Crippen LogP) is 4.55. The molecule has 2 N–H and O–H groups in total. The lowest BCUT2D eigenvalue weighted by molar-refractivity contribution is 0.277. The number of hydrogen-bond acceptors (Lipinski definition) is 2. The number of benzene rings is 1. The maximum absolute atomic E-state index is 6.15. The molecule has 0 heterocycles. The van der Waals surface area contributed by atoms with Crippen molar-refractivity contribution < 1.29 is 4.43 Å². The minimum Gasteiger partial charge on any atom is -0.412 e. The molecular formula is C13H22BrNOSi. The van der Waals surface area contributed by atoms with Gasteiger partial charge in [0.05, 0.1) is 12.3 Å². The van der Waals surface area contributed by atoms with E-state index in [1.807, 2.05) is 18.2 Å². The van der Waals surface area contributed by atoms with E-state index in [1.54, 1.807) is 0 Å². The number of anilines is 1. The standard InChI is InChI=1S/C13H22BrNOSi/c1-13(2,3)17(4,5)16-9-10-7-6-8-11(14)12(10)15/h6-8H,9,15H2,1-5H3. The van der Waals surface area contributed by atoms with Crippen LogP contribution in [0.4, 0.5) is 5.69 Å². The summed E-state index contributed by atoms with van der Waals surface area (Å²) >= 11 is 3.44. The Morgan fingerprint density at radius 1 is 1.29 bits per heavy atom. The van der Waals surface area contributed by atoms with Crippen molar-refractivity contribution in [3.63, 3.8) is 0 Å². The van der Waals surface area contributed by atoms with Crippen molar-refractivity contribution >= 4 is 29.9 Å². The molecule has 0 aromatic heterocycles. The normalized spacial score (nSPS) is 12.8. The second-order valence-corrected chi connectivity index (χ2v) is 11.5. The molecule has 0 unspecified atom stereocenters. The molecule has 0 fully saturated rings. The first-order chi connectivity index (χ1) is 7.65. The third-order valence-corrected chi connectivity index (χ3v) is 8.71. The summed E-state index contributed by atoms with van der Waals surface area (Å²) in [7, 11) is -1.70. The summed E-state index contributed by atoms with van der Waals surface area (Å²) in [4.78, 5) is 0. The Kier molecular flexibility index (Phi) is 4.44. The second kappa shape index (κ2) is 5.12. The van der Waals surface area contributed by atoms with Crippen LogP contribution in [0.2, 0.25) is 18.1 Å². The molecule has 1 aromatic rings. The van der Waals surface area contributed by atoms with Crippen LogP contribution in [-0.4, -0.2) is 8.32 Å². The Labute approximate surface area is 114 Å². The first kappa shape index (κ1) is 14.7. The van der Waals surface area contributed by atoms with Gasteiger partial charge >= 0.3 is 0 Å². The van der Waals surface area contributed by atoms with Gasteiger partial charge in [0.2, 0.25) is 0 Å². The molecule has 0 amide bonds. The molecular weight excluding hydrogens is 294 g/mol. The van der Waals surface area contributed by atoms with E-state index >= 15 is 0 Å². The van der Waals surface area contributed by atoms with Crippen LogP contribution >= 0.6 is 15.9 Å². The Bertz CT molecular complexity index is 399. The van der Waals surface area contributed by atoms with E-state index in [9.17, 15) is 0 Å². The molecule has 0 radical (unpaired) electrons. The molecule has 0 aliphatic carbocycles. The summed E-state index contributed by atoms with van der Waals surface area (Å²) in [6.45, 7) is 11.8. The third kappa shape index (κ3) is 3.57. The van der Waals surface area contributed by atoms with Gasteiger partial charge in [-0.25, -0.2) is 0 Å². The van der Waals surface area contributed by atoms with E-state index in [0.29, 0.717) is 6.61 Å². The zero-order valence-corrected chi connectivity index (χ0v) is 13.9. The van der Waals surface area contributed by atoms with Crippen molar-refractivity contribution in [3.8, 4) is 0 Å². The number of para-hydroxylation sites is 1. The molecule has 0 atom stereocenters. The smallest absolute Gasteiger partial charge is 0.192 e. The van der Waals surface area contributed by atoms with Crippen molar-refractivity contribution in [1.29, 1.82) is 0 Å². The van der Waals surface area contributed by atoms with Crippen LogP contribution in [0.25, 0.3) is 0 Å². The van der Waals surface area contributed by atoms with Crippen molar-refractivity contribution in [2.24, 2.45) is 0 Å². The van der Waals surface area contributed by atoms with Gasteiger partial charge in [-0.2, -0.15) is 0 Å². The van der Waals surface area contributed by atoms with E-state index in [-0.39, 0.29) is 5.04 Å². The Balaban J connectivity index is 2.78. The number of halogens is 1. The van der Waals surface area contributed by atoms with Gasteiger partial charge in [-0.05, 0) is 40.1 Å². The molecule has 0 aliphatic rings. The summed E-state index contributed by atoms with van der Waals surface area (Å²) < 4.78 is 7.09. The topological polar surface area (TPSA) is 35.2 Å². The fourth-order valence-corrected chi connectivity index (χ4v) is 2.54. The summed E-state index contributed by atoms with van der Waals surface area (Å²) in [5.74, 6) is 0. The average molecular weight is 316 g/mol. The minimum atomic E-state index is -1.70. The molecule has 0 spiro atoms. The summed E-state index contributed by atoms with van der Waals surface area (Å²) in [5, 5.41) is 0.230. The number of nitrogen functional groups attached to an aromatic ring is 1.